The van der Waals surface area contributed by atoms with Gasteiger partial charge in [-0.25, -0.2) is 9.97 Å². The third-order valence-electron chi connectivity index (χ3n) is 5.10. The van der Waals surface area contributed by atoms with Gasteiger partial charge in [0, 0.05) is 56.6 Å². The van der Waals surface area contributed by atoms with Crippen LogP contribution in [0.4, 0.5) is 17.5 Å². The van der Waals surface area contributed by atoms with Gasteiger partial charge in [-0.3, -0.25) is 10.1 Å². The van der Waals surface area contributed by atoms with Crippen LogP contribution < -0.4 is 9.80 Å². The predicted octanol–water partition coefficient (Wildman–Crippen LogP) is 3.19. The number of rotatable bonds is 5. The van der Waals surface area contributed by atoms with Gasteiger partial charge < -0.3 is 14.3 Å². The molecule has 0 amide bonds. The van der Waals surface area contributed by atoms with Gasteiger partial charge in [-0.05, 0) is 37.1 Å². The number of nitro benzene ring substituents is 1. The standard InChI is InChI=1S/C20H23N7O3/c1-13-11-17(22-18(21-13)14-6-8-16(9-7-14)27(28)29)26-10-4-5-15(12-26)19-23-20(24-30-19)25(2)3/h6-9,11,15H,4-5,10,12H2,1-3H3. The number of benzene rings is 1. The number of nitrogens with zero attached hydrogens (tertiary/aromatic N) is 7. The minimum absolute atomic E-state index is 0.0437. The fraction of sp³-hybridized carbons (Fsp3) is 0.400. The van der Waals surface area contributed by atoms with Crippen LogP contribution in [0.15, 0.2) is 34.9 Å². The molecule has 3 aromatic rings. The van der Waals surface area contributed by atoms with Gasteiger partial charge in [0.05, 0.1) is 10.8 Å². The van der Waals surface area contributed by atoms with Crippen molar-refractivity contribution < 1.29 is 9.45 Å². The maximum atomic E-state index is 10.9. The van der Waals surface area contributed by atoms with E-state index in [1.54, 1.807) is 12.1 Å². The summed E-state index contributed by atoms with van der Waals surface area (Å²) < 4.78 is 5.48. The largest absolute Gasteiger partial charge is 0.356 e. The fourth-order valence-electron chi connectivity index (χ4n) is 3.54. The number of hydrogen-bond acceptors (Lipinski definition) is 9. The van der Waals surface area contributed by atoms with E-state index in [4.69, 9.17) is 9.51 Å². The van der Waals surface area contributed by atoms with Crippen LogP contribution in [-0.2, 0) is 0 Å². The average Bonchev–Trinajstić information content (AvgIpc) is 3.24. The van der Waals surface area contributed by atoms with Crippen molar-refractivity contribution in [1.82, 2.24) is 20.1 Å². The van der Waals surface area contributed by atoms with Crippen LogP contribution in [0.2, 0.25) is 0 Å². The van der Waals surface area contributed by atoms with Crippen molar-refractivity contribution in [3.63, 3.8) is 0 Å². The molecule has 2 aromatic heterocycles. The molecule has 0 saturated carbocycles. The van der Waals surface area contributed by atoms with Crippen LogP contribution in [0, 0.1) is 17.0 Å². The zero-order valence-corrected chi connectivity index (χ0v) is 17.1. The Balaban J connectivity index is 1.57. The van der Waals surface area contributed by atoms with E-state index in [-0.39, 0.29) is 11.6 Å². The summed E-state index contributed by atoms with van der Waals surface area (Å²) in [6.45, 7) is 3.52. The number of aromatic nitrogens is 4. The first-order valence-corrected chi connectivity index (χ1v) is 9.77. The minimum Gasteiger partial charge on any atom is -0.356 e. The van der Waals surface area contributed by atoms with Crippen molar-refractivity contribution >= 4 is 17.5 Å². The first kappa shape index (κ1) is 19.7. The van der Waals surface area contributed by atoms with Crippen LogP contribution >= 0.6 is 0 Å². The summed E-state index contributed by atoms with van der Waals surface area (Å²) in [5.74, 6) is 2.73. The lowest BCUT2D eigenvalue weighted by Gasteiger charge is -2.32. The SMILES string of the molecule is Cc1cc(N2CCCC(c3nc(N(C)C)no3)C2)nc(-c2ccc([N+](=O)[O-])cc2)n1. The highest BCUT2D eigenvalue weighted by molar-refractivity contribution is 5.60. The lowest BCUT2D eigenvalue weighted by atomic mass is 9.98. The van der Waals surface area contributed by atoms with E-state index in [0.29, 0.717) is 17.7 Å². The van der Waals surface area contributed by atoms with E-state index >= 15 is 0 Å². The highest BCUT2D eigenvalue weighted by Crippen LogP contribution is 2.30. The van der Waals surface area contributed by atoms with Gasteiger partial charge >= 0.3 is 0 Å². The zero-order valence-electron chi connectivity index (χ0n) is 17.1. The second kappa shape index (κ2) is 8.05. The minimum atomic E-state index is -0.417. The van der Waals surface area contributed by atoms with E-state index in [0.717, 1.165) is 43.0 Å². The normalized spacial score (nSPS) is 16.5. The molecule has 10 heteroatoms. The Morgan fingerprint density at radius 2 is 1.97 bits per heavy atom. The first-order chi connectivity index (χ1) is 14.4. The molecule has 4 rings (SSSR count). The Kier molecular flexibility index (Phi) is 5.30. The quantitative estimate of drug-likeness (QED) is 0.463. The van der Waals surface area contributed by atoms with Crippen LogP contribution in [0.5, 0.6) is 0 Å². The van der Waals surface area contributed by atoms with Gasteiger partial charge in [0.1, 0.15) is 5.82 Å². The molecule has 1 unspecified atom stereocenters. The summed E-state index contributed by atoms with van der Waals surface area (Å²) >= 11 is 0. The van der Waals surface area contributed by atoms with Crippen LogP contribution in [-0.4, -0.2) is 52.2 Å². The summed E-state index contributed by atoms with van der Waals surface area (Å²) in [4.78, 5) is 28.3. The molecule has 0 spiro atoms. The number of aryl methyl sites for hydroxylation is 1. The van der Waals surface area contributed by atoms with Crippen molar-refractivity contribution in [2.75, 3.05) is 37.0 Å². The Hall–Kier alpha value is -3.56. The van der Waals surface area contributed by atoms with Crippen LogP contribution in [0.25, 0.3) is 11.4 Å². The molecule has 0 bridgehead atoms. The summed E-state index contributed by atoms with van der Waals surface area (Å²) in [5, 5.41) is 14.9. The first-order valence-electron chi connectivity index (χ1n) is 9.77. The number of non-ortho nitro benzene ring substituents is 1. The van der Waals surface area contributed by atoms with Crippen molar-refractivity contribution in [2.24, 2.45) is 0 Å². The Morgan fingerprint density at radius 1 is 1.20 bits per heavy atom. The van der Waals surface area contributed by atoms with Crippen molar-refractivity contribution in [2.45, 2.75) is 25.7 Å². The lowest BCUT2D eigenvalue weighted by Crippen LogP contribution is -2.35. The van der Waals surface area contributed by atoms with Gasteiger partial charge in [0.15, 0.2) is 5.82 Å². The molecule has 1 aliphatic rings. The molecule has 0 aliphatic carbocycles. The highest BCUT2D eigenvalue weighted by atomic mass is 16.6. The zero-order chi connectivity index (χ0) is 21.3. The smallest absolute Gasteiger partial charge is 0.269 e. The summed E-state index contributed by atoms with van der Waals surface area (Å²) in [5.41, 5.74) is 1.62. The number of hydrogen-bond donors (Lipinski definition) is 0. The fourth-order valence-corrected chi connectivity index (χ4v) is 3.54. The van der Waals surface area contributed by atoms with E-state index in [2.05, 4.69) is 20.0 Å². The number of piperidine rings is 1. The topological polar surface area (TPSA) is 114 Å². The number of nitro groups is 1. The molecule has 30 heavy (non-hydrogen) atoms. The molecule has 156 valence electrons. The molecule has 0 N–H and O–H groups in total. The second-order valence-corrected chi connectivity index (χ2v) is 7.61. The number of anilines is 2. The van der Waals surface area contributed by atoms with Gasteiger partial charge in [-0.2, -0.15) is 4.98 Å². The maximum absolute atomic E-state index is 10.9. The van der Waals surface area contributed by atoms with Crippen LogP contribution in [0.1, 0.15) is 30.3 Å². The summed E-state index contributed by atoms with van der Waals surface area (Å²) in [6, 6.07) is 8.25. The molecule has 0 radical (unpaired) electrons. The van der Waals surface area contributed by atoms with Crippen molar-refractivity contribution in [3.8, 4) is 11.4 Å². The average molecular weight is 409 g/mol. The highest BCUT2D eigenvalue weighted by Gasteiger charge is 2.27. The van der Waals surface area contributed by atoms with E-state index < -0.39 is 4.92 Å². The lowest BCUT2D eigenvalue weighted by molar-refractivity contribution is -0.384. The van der Waals surface area contributed by atoms with Gasteiger partial charge in [0.2, 0.25) is 5.89 Å². The predicted molar refractivity (Wildman–Crippen MR) is 112 cm³/mol. The van der Waals surface area contributed by atoms with Crippen molar-refractivity contribution in [3.05, 3.63) is 52.0 Å². The Morgan fingerprint density at radius 3 is 2.63 bits per heavy atom. The molecule has 10 nitrogen and oxygen atoms in total. The Labute approximate surface area is 173 Å². The van der Waals surface area contributed by atoms with E-state index in [9.17, 15) is 10.1 Å². The molecular formula is C20H23N7O3. The van der Waals surface area contributed by atoms with E-state index in [1.165, 1.54) is 12.1 Å². The summed E-state index contributed by atoms with van der Waals surface area (Å²) in [7, 11) is 3.76. The molecule has 1 aliphatic heterocycles. The monoisotopic (exact) mass is 409 g/mol. The maximum Gasteiger partial charge on any atom is 0.269 e. The molecule has 3 heterocycles. The molecule has 1 atom stereocenters. The van der Waals surface area contributed by atoms with Crippen LogP contribution in [0.3, 0.4) is 0 Å². The molecule has 1 aromatic carbocycles. The molecule has 1 saturated heterocycles. The molecular weight excluding hydrogens is 386 g/mol. The second-order valence-electron chi connectivity index (χ2n) is 7.61. The van der Waals surface area contributed by atoms with Gasteiger partial charge in [-0.15, -0.1) is 0 Å². The third-order valence-corrected chi connectivity index (χ3v) is 5.10. The third kappa shape index (κ3) is 4.07. The van der Waals surface area contributed by atoms with Gasteiger partial charge in [-0.1, -0.05) is 0 Å². The van der Waals surface area contributed by atoms with E-state index in [1.807, 2.05) is 32.0 Å². The van der Waals surface area contributed by atoms with Gasteiger partial charge in [0.25, 0.3) is 11.6 Å². The summed E-state index contributed by atoms with van der Waals surface area (Å²) in [6.07, 6.45) is 1.96. The van der Waals surface area contributed by atoms with Crippen molar-refractivity contribution in [1.29, 1.82) is 0 Å². The molecule has 1 fully saturated rings. The Bertz CT molecular complexity index is 1050.